The zero-order valence-corrected chi connectivity index (χ0v) is 17.1. The summed E-state index contributed by atoms with van der Waals surface area (Å²) in [6.07, 6.45) is 8.57. The summed E-state index contributed by atoms with van der Waals surface area (Å²) in [6.45, 7) is 2.42. The Kier molecular flexibility index (Phi) is 6.13. The van der Waals surface area contributed by atoms with E-state index < -0.39 is 0 Å². The number of aromatic nitrogens is 3. The molecule has 0 spiro atoms. The molecule has 2 aromatic carbocycles. The van der Waals surface area contributed by atoms with E-state index >= 15 is 0 Å². The second-order valence-electron chi connectivity index (χ2n) is 7.30. The summed E-state index contributed by atoms with van der Waals surface area (Å²) in [4.78, 5) is 15.5. The first kappa shape index (κ1) is 19.8. The van der Waals surface area contributed by atoms with Crippen LogP contribution in [0.15, 0.2) is 67.1 Å². The Morgan fingerprint density at radius 2 is 2.00 bits per heavy atom. The van der Waals surface area contributed by atoms with E-state index in [1.54, 1.807) is 17.1 Å². The molecule has 0 unspecified atom stereocenters. The van der Waals surface area contributed by atoms with Crippen LogP contribution in [0.1, 0.15) is 30.9 Å². The Morgan fingerprint density at radius 1 is 1.17 bits per heavy atom. The molecule has 0 aliphatic carbocycles. The number of nitrogens with zero attached hydrogens (tertiary/aromatic N) is 2. The van der Waals surface area contributed by atoms with Gasteiger partial charge in [-0.3, -0.25) is 4.79 Å². The Bertz CT molecular complexity index is 1110. The minimum absolute atomic E-state index is 0.00883. The molecule has 2 N–H and O–H groups in total. The Hall–Kier alpha value is -3.54. The molecule has 0 aliphatic heterocycles. The SMILES string of the molecule is CCc1ccc(OCn2cc(NC(=O)CCCc3c[nH]c4ccccc34)cn2)cc1. The van der Waals surface area contributed by atoms with E-state index in [0.717, 1.165) is 30.5 Å². The van der Waals surface area contributed by atoms with Crippen molar-refractivity contribution in [2.45, 2.75) is 39.3 Å². The van der Waals surface area contributed by atoms with Crippen LogP contribution in [0.25, 0.3) is 10.9 Å². The monoisotopic (exact) mass is 402 g/mol. The smallest absolute Gasteiger partial charge is 0.224 e. The number of hydrogen-bond acceptors (Lipinski definition) is 3. The number of anilines is 1. The first-order valence-corrected chi connectivity index (χ1v) is 10.3. The number of hydrogen-bond donors (Lipinski definition) is 2. The van der Waals surface area contributed by atoms with Crippen molar-refractivity contribution in [1.29, 1.82) is 0 Å². The highest BCUT2D eigenvalue weighted by Gasteiger charge is 2.07. The van der Waals surface area contributed by atoms with Gasteiger partial charge in [0.25, 0.3) is 0 Å². The molecule has 6 nitrogen and oxygen atoms in total. The number of aryl methyl sites for hydroxylation is 2. The molecule has 0 bridgehead atoms. The van der Waals surface area contributed by atoms with Gasteiger partial charge in [-0.2, -0.15) is 5.10 Å². The minimum Gasteiger partial charge on any atom is -0.471 e. The summed E-state index contributed by atoms with van der Waals surface area (Å²) >= 11 is 0. The molecule has 4 aromatic rings. The zero-order chi connectivity index (χ0) is 20.8. The van der Waals surface area contributed by atoms with Crippen molar-refractivity contribution in [3.05, 3.63) is 78.2 Å². The van der Waals surface area contributed by atoms with E-state index in [1.807, 2.05) is 30.5 Å². The second-order valence-corrected chi connectivity index (χ2v) is 7.30. The fraction of sp³-hybridized carbons (Fsp3) is 0.250. The van der Waals surface area contributed by atoms with Crippen molar-refractivity contribution in [3.63, 3.8) is 0 Å². The summed E-state index contributed by atoms with van der Waals surface area (Å²) in [7, 11) is 0. The highest BCUT2D eigenvalue weighted by atomic mass is 16.5. The molecule has 154 valence electrons. The van der Waals surface area contributed by atoms with Gasteiger partial charge in [0, 0.05) is 23.5 Å². The molecular weight excluding hydrogens is 376 g/mol. The molecule has 2 aromatic heterocycles. The minimum atomic E-state index is -0.00883. The maximum Gasteiger partial charge on any atom is 0.224 e. The molecule has 0 saturated heterocycles. The summed E-state index contributed by atoms with van der Waals surface area (Å²) in [5.41, 5.74) is 4.33. The number of carbonyl (C=O) groups excluding carboxylic acids is 1. The van der Waals surface area contributed by atoms with Crippen molar-refractivity contribution >= 4 is 22.5 Å². The van der Waals surface area contributed by atoms with Gasteiger partial charge in [0.15, 0.2) is 6.73 Å². The lowest BCUT2D eigenvalue weighted by Gasteiger charge is -2.06. The average Bonchev–Trinajstić information content (AvgIpc) is 3.39. The normalized spacial score (nSPS) is 11.0. The zero-order valence-electron chi connectivity index (χ0n) is 17.1. The fourth-order valence-corrected chi connectivity index (χ4v) is 3.46. The van der Waals surface area contributed by atoms with Gasteiger partial charge in [-0.1, -0.05) is 37.3 Å². The summed E-state index contributed by atoms with van der Waals surface area (Å²) in [5.74, 6) is 0.788. The van der Waals surface area contributed by atoms with Crippen molar-refractivity contribution in [1.82, 2.24) is 14.8 Å². The molecule has 0 atom stereocenters. The maximum absolute atomic E-state index is 12.3. The number of ether oxygens (including phenoxy) is 1. The topological polar surface area (TPSA) is 71.9 Å². The van der Waals surface area contributed by atoms with Gasteiger partial charge in [0.05, 0.1) is 18.1 Å². The van der Waals surface area contributed by atoms with Crippen molar-refractivity contribution in [2.24, 2.45) is 0 Å². The quantitative estimate of drug-likeness (QED) is 0.417. The molecule has 6 heteroatoms. The van der Waals surface area contributed by atoms with Crippen molar-refractivity contribution in [3.8, 4) is 5.75 Å². The molecule has 4 rings (SSSR count). The molecule has 30 heavy (non-hydrogen) atoms. The van der Waals surface area contributed by atoms with E-state index in [2.05, 4.69) is 46.6 Å². The van der Waals surface area contributed by atoms with E-state index in [1.165, 1.54) is 16.5 Å². The van der Waals surface area contributed by atoms with Gasteiger partial charge in [-0.05, 0) is 48.6 Å². The standard InChI is InChI=1S/C24H26N4O2/c1-2-18-10-12-21(13-11-18)30-17-28-16-20(15-26-28)27-24(29)9-5-6-19-14-25-23-8-4-3-7-22(19)23/h3-4,7-8,10-16,25H,2,5-6,9,17H2,1H3,(H,27,29). The maximum atomic E-state index is 12.3. The Balaban J connectivity index is 1.22. The lowest BCUT2D eigenvalue weighted by atomic mass is 10.1. The lowest BCUT2D eigenvalue weighted by Crippen LogP contribution is -2.11. The number of nitrogens with one attached hydrogen (secondary N) is 2. The fourth-order valence-electron chi connectivity index (χ4n) is 3.46. The van der Waals surface area contributed by atoms with Crippen LogP contribution in [-0.2, 0) is 24.4 Å². The Labute approximate surface area is 175 Å². The molecule has 0 saturated carbocycles. The first-order chi connectivity index (χ1) is 14.7. The summed E-state index contributed by atoms with van der Waals surface area (Å²) < 4.78 is 7.40. The van der Waals surface area contributed by atoms with Gasteiger partial charge in [0.2, 0.25) is 5.91 Å². The van der Waals surface area contributed by atoms with Gasteiger partial charge in [-0.15, -0.1) is 0 Å². The van der Waals surface area contributed by atoms with E-state index in [4.69, 9.17) is 4.74 Å². The van der Waals surface area contributed by atoms with Crippen LogP contribution < -0.4 is 10.1 Å². The third kappa shape index (κ3) is 4.89. The molecule has 2 heterocycles. The van der Waals surface area contributed by atoms with Crippen LogP contribution in [-0.4, -0.2) is 20.7 Å². The van der Waals surface area contributed by atoms with Crippen LogP contribution in [0.2, 0.25) is 0 Å². The van der Waals surface area contributed by atoms with Crippen molar-refractivity contribution in [2.75, 3.05) is 5.32 Å². The Morgan fingerprint density at radius 3 is 2.83 bits per heavy atom. The number of H-pyrrole nitrogens is 1. The lowest BCUT2D eigenvalue weighted by molar-refractivity contribution is -0.116. The number of aromatic amines is 1. The molecular formula is C24H26N4O2. The number of benzene rings is 2. The van der Waals surface area contributed by atoms with Crippen LogP contribution >= 0.6 is 0 Å². The van der Waals surface area contributed by atoms with Crippen molar-refractivity contribution < 1.29 is 9.53 Å². The third-order valence-electron chi connectivity index (χ3n) is 5.14. The largest absolute Gasteiger partial charge is 0.471 e. The molecule has 0 fully saturated rings. The third-order valence-corrected chi connectivity index (χ3v) is 5.14. The van der Waals surface area contributed by atoms with Gasteiger partial charge in [0.1, 0.15) is 5.75 Å². The van der Waals surface area contributed by atoms with Crippen LogP contribution in [0.3, 0.4) is 0 Å². The second kappa shape index (κ2) is 9.31. The van der Waals surface area contributed by atoms with E-state index in [-0.39, 0.29) is 5.91 Å². The molecule has 0 aliphatic rings. The van der Waals surface area contributed by atoms with E-state index in [0.29, 0.717) is 18.8 Å². The summed E-state index contributed by atoms with van der Waals surface area (Å²) in [6, 6.07) is 16.2. The number of amides is 1. The number of carbonyl (C=O) groups is 1. The van der Waals surface area contributed by atoms with Gasteiger partial charge >= 0.3 is 0 Å². The first-order valence-electron chi connectivity index (χ1n) is 10.3. The molecule has 0 radical (unpaired) electrons. The van der Waals surface area contributed by atoms with Crippen LogP contribution in [0.5, 0.6) is 5.75 Å². The predicted octanol–water partition coefficient (Wildman–Crippen LogP) is 4.92. The highest BCUT2D eigenvalue weighted by Crippen LogP contribution is 2.19. The average molecular weight is 402 g/mol. The molecule has 1 amide bonds. The number of rotatable bonds is 9. The van der Waals surface area contributed by atoms with Gasteiger partial charge < -0.3 is 15.0 Å². The highest BCUT2D eigenvalue weighted by molar-refractivity contribution is 5.90. The number of para-hydroxylation sites is 1. The summed E-state index contributed by atoms with van der Waals surface area (Å²) in [5, 5.41) is 8.38. The van der Waals surface area contributed by atoms with Crippen LogP contribution in [0.4, 0.5) is 5.69 Å². The van der Waals surface area contributed by atoms with E-state index in [9.17, 15) is 4.79 Å². The predicted molar refractivity (Wildman–Crippen MR) is 119 cm³/mol. The van der Waals surface area contributed by atoms with Gasteiger partial charge in [-0.25, -0.2) is 4.68 Å². The number of fused-ring (bicyclic) bond motifs is 1. The van der Waals surface area contributed by atoms with Crippen LogP contribution in [0, 0.1) is 0 Å².